The van der Waals surface area contributed by atoms with Crippen molar-refractivity contribution in [2.24, 2.45) is 38.7 Å². The maximum atomic E-state index is 12.8. The molecule has 3 amide bonds. The average molecular weight is 503 g/mol. The zero-order chi connectivity index (χ0) is 27.1. The summed E-state index contributed by atoms with van der Waals surface area (Å²) in [4.78, 5) is 56.6. The van der Waals surface area contributed by atoms with Gasteiger partial charge in [-0.15, -0.1) is 0 Å². The number of amides is 3. The maximum Gasteiger partial charge on any atom is 0.326 e. The number of aliphatic carboxylic acids is 1. The summed E-state index contributed by atoms with van der Waals surface area (Å²) in [6.07, 6.45) is -0.741. The molecule has 0 heterocycles. The molecule has 16 heteroatoms. The molecule has 0 rings (SSSR count). The van der Waals surface area contributed by atoms with Crippen molar-refractivity contribution < 1.29 is 29.4 Å². The minimum Gasteiger partial charge on any atom is -0.480 e. The van der Waals surface area contributed by atoms with Gasteiger partial charge in [0.25, 0.3) is 0 Å². The van der Waals surface area contributed by atoms with Gasteiger partial charge < -0.3 is 54.8 Å². The van der Waals surface area contributed by atoms with Crippen molar-refractivity contribution in [2.75, 3.05) is 13.1 Å². The van der Waals surface area contributed by atoms with Gasteiger partial charge in [-0.25, -0.2) is 4.79 Å². The molecule has 16 nitrogen and oxygen atoms in total. The van der Waals surface area contributed by atoms with Crippen LogP contribution in [-0.4, -0.2) is 89.2 Å². The highest BCUT2D eigenvalue weighted by Gasteiger charge is 2.32. The van der Waals surface area contributed by atoms with E-state index < -0.39 is 54.0 Å². The van der Waals surface area contributed by atoms with Crippen LogP contribution in [0.15, 0.2) is 9.98 Å². The molecule has 0 aliphatic carbocycles. The van der Waals surface area contributed by atoms with Crippen molar-refractivity contribution in [3.8, 4) is 0 Å². The van der Waals surface area contributed by atoms with Crippen LogP contribution in [0.5, 0.6) is 0 Å². The molecule has 0 aromatic carbocycles. The van der Waals surface area contributed by atoms with Crippen LogP contribution >= 0.6 is 0 Å². The predicted molar refractivity (Wildman–Crippen MR) is 129 cm³/mol. The number of carbonyl (C=O) groups is 4. The van der Waals surface area contributed by atoms with Gasteiger partial charge >= 0.3 is 5.97 Å². The Morgan fingerprint density at radius 2 is 1.23 bits per heavy atom. The van der Waals surface area contributed by atoms with E-state index in [1.807, 2.05) is 0 Å². The number of hydrogen-bond donors (Lipinski definition) is 10. The van der Waals surface area contributed by atoms with E-state index in [0.717, 1.165) is 0 Å². The third-order valence-corrected chi connectivity index (χ3v) is 4.61. The molecule has 0 bridgehead atoms. The Labute approximate surface area is 203 Å². The zero-order valence-corrected chi connectivity index (χ0v) is 19.9. The van der Waals surface area contributed by atoms with Crippen molar-refractivity contribution in [2.45, 2.75) is 69.8 Å². The number of aliphatic hydroxyl groups is 1. The standard InChI is InChI=1S/C19H38N10O6/c1-9(20)14(31)27-11(5-3-7-25-18(21)22)15(32)29-13(10(2)30)16(33)28-12(17(34)35)6-4-8-26-19(23)24/h9-13,30H,3-8,20H2,1-2H3,(H,27,31)(H,28,33)(H,29,32)(H,34,35)(H4,21,22,25)(H4,23,24,26). The van der Waals surface area contributed by atoms with Crippen LogP contribution in [0.2, 0.25) is 0 Å². The smallest absolute Gasteiger partial charge is 0.326 e. The van der Waals surface area contributed by atoms with Crippen LogP contribution in [0.25, 0.3) is 0 Å². The molecule has 0 aliphatic heterocycles. The normalized spacial score (nSPS) is 14.9. The number of hydrogen-bond acceptors (Lipinski definition) is 8. The summed E-state index contributed by atoms with van der Waals surface area (Å²) in [5, 5.41) is 26.5. The molecule has 0 aromatic heterocycles. The third kappa shape index (κ3) is 13.6. The second kappa shape index (κ2) is 16.0. The Kier molecular flexibility index (Phi) is 14.4. The third-order valence-electron chi connectivity index (χ3n) is 4.61. The topological polar surface area (TPSA) is 300 Å². The molecule has 0 spiro atoms. The van der Waals surface area contributed by atoms with E-state index in [1.165, 1.54) is 13.8 Å². The summed E-state index contributed by atoms with van der Waals surface area (Å²) in [7, 11) is 0. The lowest BCUT2D eigenvalue weighted by molar-refractivity contribution is -0.143. The number of nitrogens with zero attached hydrogens (tertiary/aromatic N) is 2. The van der Waals surface area contributed by atoms with Crippen molar-refractivity contribution >= 4 is 35.6 Å². The van der Waals surface area contributed by atoms with Gasteiger partial charge in [0.05, 0.1) is 12.1 Å². The first kappa shape index (κ1) is 31.3. The quantitative estimate of drug-likeness (QED) is 0.0543. The lowest BCUT2D eigenvalue weighted by Gasteiger charge is -2.26. The maximum absolute atomic E-state index is 12.8. The average Bonchev–Trinajstić information content (AvgIpc) is 2.74. The SMILES string of the molecule is CC(N)C(=O)NC(CCCN=C(N)N)C(=O)NC(C(=O)NC(CCCN=C(N)N)C(=O)O)C(C)O. The highest BCUT2D eigenvalue weighted by molar-refractivity contribution is 5.94. The van der Waals surface area contributed by atoms with Crippen molar-refractivity contribution in [3.05, 3.63) is 0 Å². The van der Waals surface area contributed by atoms with E-state index in [1.54, 1.807) is 0 Å². The highest BCUT2D eigenvalue weighted by atomic mass is 16.4. The highest BCUT2D eigenvalue weighted by Crippen LogP contribution is 2.04. The minimum atomic E-state index is -1.51. The number of guanidine groups is 2. The summed E-state index contributed by atoms with van der Waals surface area (Å²) in [5.41, 5.74) is 26.5. The first-order valence-electron chi connectivity index (χ1n) is 10.9. The number of aliphatic hydroxyl groups excluding tert-OH is 1. The predicted octanol–water partition coefficient (Wildman–Crippen LogP) is -4.64. The molecule has 0 fully saturated rings. The summed E-state index contributed by atoms with van der Waals surface area (Å²) >= 11 is 0. The van der Waals surface area contributed by atoms with Crippen LogP contribution in [-0.2, 0) is 19.2 Å². The van der Waals surface area contributed by atoms with Crippen molar-refractivity contribution in [3.63, 3.8) is 0 Å². The summed E-state index contributed by atoms with van der Waals surface area (Å²) in [5.74, 6) is -3.94. The second-order valence-electron chi connectivity index (χ2n) is 7.87. The summed E-state index contributed by atoms with van der Waals surface area (Å²) < 4.78 is 0. The lowest BCUT2D eigenvalue weighted by atomic mass is 10.1. The summed E-state index contributed by atoms with van der Waals surface area (Å²) in [6.45, 7) is 3.00. The van der Waals surface area contributed by atoms with E-state index in [0.29, 0.717) is 6.42 Å². The number of rotatable bonds is 16. The molecule has 200 valence electrons. The number of aliphatic imine (C=N–C) groups is 2. The molecular formula is C19H38N10O6. The second-order valence-corrected chi connectivity index (χ2v) is 7.87. The molecule has 0 aliphatic rings. The molecule has 0 saturated carbocycles. The van der Waals surface area contributed by atoms with E-state index >= 15 is 0 Å². The fourth-order valence-corrected chi connectivity index (χ4v) is 2.76. The fraction of sp³-hybridized carbons (Fsp3) is 0.684. The fourth-order valence-electron chi connectivity index (χ4n) is 2.76. The van der Waals surface area contributed by atoms with Crippen molar-refractivity contribution in [1.29, 1.82) is 0 Å². The van der Waals surface area contributed by atoms with Crippen molar-refractivity contribution in [1.82, 2.24) is 16.0 Å². The van der Waals surface area contributed by atoms with E-state index in [4.69, 9.17) is 28.7 Å². The van der Waals surface area contributed by atoms with Crippen LogP contribution in [0.1, 0.15) is 39.5 Å². The Hall–Kier alpha value is -3.66. The van der Waals surface area contributed by atoms with E-state index in [9.17, 15) is 29.4 Å². The van der Waals surface area contributed by atoms with Gasteiger partial charge in [0, 0.05) is 13.1 Å². The van der Waals surface area contributed by atoms with Gasteiger partial charge in [-0.2, -0.15) is 0 Å². The largest absolute Gasteiger partial charge is 0.480 e. The van der Waals surface area contributed by atoms with Crippen LogP contribution in [0.4, 0.5) is 0 Å². The van der Waals surface area contributed by atoms with E-state index in [-0.39, 0.29) is 44.3 Å². The molecular weight excluding hydrogens is 464 g/mol. The van der Waals surface area contributed by atoms with Crippen LogP contribution in [0, 0.1) is 0 Å². The lowest BCUT2D eigenvalue weighted by Crippen LogP contribution is -2.59. The van der Waals surface area contributed by atoms with Crippen LogP contribution < -0.4 is 44.6 Å². The van der Waals surface area contributed by atoms with Gasteiger partial charge in [0.1, 0.15) is 18.1 Å². The van der Waals surface area contributed by atoms with E-state index in [2.05, 4.69) is 25.9 Å². The number of carboxylic acids is 1. The van der Waals surface area contributed by atoms with Crippen LogP contribution in [0.3, 0.4) is 0 Å². The molecule has 0 radical (unpaired) electrons. The monoisotopic (exact) mass is 502 g/mol. The number of nitrogens with two attached hydrogens (primary N) is 5. The Bertz CT molecular complexity index is 778. The Balaban J connectivity index is 5.35. The first-order valence-corrected chi connectivity index (χ1v) is 10.9. The Morgan fingerprint density at radius 1 is 0.771 bits per heavy atom. The molecule has 0 aromatic rings. The first-order chi connectivity index (χ1) is 16.3. The van der Waals surface area contributed by atoms with Gasteiger partial charge in [-0.1, -0.05) is 0 Å². The van der Waals surface area contributed by atoms with Gasteiger partial charge in [-0.3, -0.25) is 24.4 Å². The van der Waals surface area contributed by atoms with Gasteiger partial charge in [0.15, 0.2) is 11.9 Å². The Morgan fingerprint density at radius 3 is 1.63 bits per heavy atom. The molecule has 0 saturated heterocycles. The molecule has 5 unspecified atom stereocenters. The summed E-state index contributed by atoms with van der Waals surface area (Å²) in [6, 6.07) is -4.85. The van der Waals surface area contributed by atoms with Gasteiger partial charge in [-0.05, 0) is 39.5 Å². The molecule has 35 heavy (non-hydrogen) atoms. The number of carboxylic acid groups (broad SMARTS) is 1. The molecule has 15 N–H and O–H groups in total. The number of nitrogens with one attached hydrogen (secondary N) is 3. The minimum absolute atomic E-state index is 0.00378. The molecule has 5 atom stereocenters. The number of carbonyl (C=O) groups excluding carboxylic acids is 3. The van der Waals surface area contributed by atoms with Gasteiger partial charge in [0.2, 0.25) is 17.7 Å². The zero-order valence-electron chi connectivity index (χ0n) is 19.9.